The van der Waals surface area contributed by atoms with Crippen molar-refractivity contribution in [2.75, 3.05) is 12.0 Å². The molecule has 0 aromatic carbocycles. The van der Waals surface area contributed by atoms with Crippen molar-refractivity contribution in [2.24, 2.45) is 11.8 Å². The molecule has 0 bridgehead atoms. The summed E-state index contributed by atoms with van der Waals surface area (Å²) < 4.78 is 11.0. The molecule has 1 fully saturated rings. The number of aliphatic carboxylic acids is 1. The van der Waals surface area contributed by atoms with Crippen molar-refractivity contribution in [3.8, 4) is 0 Å². The molecule has 0 aromatic rings. The predicted molar refractivity (Wildman–Crippen MR) is 74.2 cm³/mol. The van der Waals surface area contributed by atoms with Crippen molar-refractivity contribution in [1.29, 1.82) is 0 Å². The van der Waals surface area contributed by atoms with E-state index in [4.69, 9.17) is 5.11 Å². The number of hydrogen-bond acceptors (Lipinski definition) is 3. The molecule has 2 unspecified atom stereocenters. The molecule has 6 heteroatoms. The molecule has 0 saturated heterocycles. The predicted octanol–water partition coefficient (Wildman–Crippen LogP) is 1.15. The van der Waals surface area contributed by atoms with Crippen LogP contribution in [0.4, 0.5) is 0 Å². The Labute approximate surface area is 116 Å². The van der Waals surface area contributed by atoms with Crippen LogP contribution in [0.2, 0.25) is 0 Å². The van der Waals surface area contributed by atoms with Gasteiger partial charge in [-0.2, -0.15) is 0 Å². The second kappa shape index (κ2) is 7.62. The molecule has 5 nitrogen and oxygen atoms in total. The summed E-state index contributed by atoms with van der Waals surface area (Å²) in [5.74, 6) is -0.502. The molecule has 2 atom stereocenters. The smallest absolute Gasteiger partial charge is 0.306 e. The molecule has 110 valence electrons. The van der Waals surface area contributed by atoms with E-state index in [9.17, 15) is 13.8 Å². The van der Waals surface area contributed by atoms with Gasteiger partial charge in [-0.15, -0.1) is 0 Å². The van der Waals surface area contributed by atoms with Crippen LogP contribution in [0.3, 0.4) is 0 Å². The van der Waals surface area contributed by atoms with Crippen molar-refractivity contribution in [2.45, 2.75) is 45.1 Å². The van der Waals surface area contributed by atoms with Gasteiger partial charge in [0, 0.05) is 34.8 Å². The second-order valence-corrected chi connectivity index (χ2v) is 6.92. The van der Waals surface area contributed by atoms with Crippen molar-refractivity contribution in [3.05, 3.63) is 0 Å². The molecule has 2 N–H and O–H groups in total. The van der Waals surface area contributed by atoms with Crippen LogP contribution in [0, 0.1) is 11.8 Å². The van der Waals surface area contributed by atoms with Crippen LogP contribution in [-0.4, -0.2) is 39.2 Å². The summed E-state index contributed by atoms with van der Waals surface area (Å²) in [6, 6.07) is 0.0218. The summed E-state index contributed by atoms with van der Waals surface area (Å²) in [5, 5.41) is 11.8. The lowest BCUT2D eigenvalue weighted by molar-refractivity contribution is -0.144. The number of nitrogens with one attached hydrogen (secondary N) is 1. The first-order valence-electron chi connectivity index (χ1n) is 6.73. The first-order valence-corrected chi connectivity index (χ1v) is 8.46. The number of carboxylic acid groups (broad SMARTS) is 1. The summed E-state index contributed by atoms with van der Waals surface area (Å²) >= 11 is 0. The maximum Gasteiger partial charge on any atom is 0.306 e. The minimum Gasteiger partial charge on any atom is -0.481 e. The van der Waals surface area contributed by atoms with E-state index in [1.807, 2.05) is 6.92 Å². The fourth-order valence-electron chi connectivity index (χ4n) is 2.38. The zero-order chi connectivity index (χ0) is 14.4. The first-order chi connectivity index (χ1) is 8.90. The average Bonchev–Trinajstić information content (AvgIpc) is 2.36. The topological polar surface area (TPSA) is 83.5 Å². The van der Waals surface area contributed by atoms with Crippen molar-refractivity contribution in [1.82, 2.24) is 5.32 Å². The maximum atomic E-state index is 12.0. The molecule has 1 saturated carbocycles. The molecule has 0 heterocycles. The number of amides is 1. The molecule has 1 aliphatic carbocycles. The van der Waals surface area contributed by atoms with E-state index >= 15 is 0 Å². The Kier molecular flexibility index (Phi) is 6.48. The van der Waals surface area contributed by atoms with Crippen molar-refractivity contribution >= 4 is 22.7 Å². The van der Waals surface area contributed by atoms with Crippen LogP contribution in [0.5, 0.6) is 0 Å². The molecule has 0 spiro atoms. The van der Waals surface area contributed by atoms with E-state index < -0.39 is 16.8 Å². The van der Waals surface area contributed by atoms with E-state index in [0.29, 0.717) is 37.9 Å². The number of carbonyl (C=O) groups is 2. The monoisotopic (exact) mass is 289 g/mol. The third-order valence-corrected chi connectivity index (χ3v) is 4.48. The zero-order valence-electron chi connectivity index (χ0n) is 11.6. The standard InChI is InChI=1S/C13H23NO4S/c1-9(7-8-19(2)18)14-12(15)10-3-5-11(6-4-10)13(16)17/h9-11H,3-8H2,1-2H3,(H,14,15)(H,16,17). The molecule has 1 amide bonds. The molecule has 0 radical (unpaired) electrons. The van der Waals surface area contributed by atoms with E-state index in [1.54, 1.807) is 6.26 Å². The Morgan fingerprint density at radius 2 is 1.79 bits per heavy atom. The van der Waals surface area contributed by atoms with Gasteiger partial charge in [-0.3, -0.25) is 13.8 Å². The largest absolute Gasteiger partial charge is 0.481 e. The van der Waals surface area contributed by atoms with Gasteiger partial charge in [0.15, 0.2) is 0 Å². The third kappa shape index (κ3) is 5.72. The van der Waals surface area contributed by atoms with Crippen LogP contribution in [0.1, 0.15) is 39.0 Å². The highest BCUT2D eigenvalue weighted by atomic mass is 32.2. The Hall–Kier alpha value is -0.910. The highest BCUT2D eigenvalue weighted by molar-refractivity contribution is 7.84. The summed E-state index contributed by atoms with van der Waals surface area (Å²) in [5.41, 5.74) is 0. The van der Waals surface area contributed by atoms with Crippen LogP contribution in [-0.2, 0) is 20.4 Å². The first kappa shape index (κ1) is 16.1. The van der Waals surface area contributed by atoms with Gasteiger partial charge in [0.25, 0.3) is 0 Å². The summed E-state index contributed by atoms with van der Waals surface area (Å²) in [7, 11) is -0.832. The van der Waals surface area contributed by atoms with Gasteiger partial charge >= 0.3 is 5.97 Å². The van der Waals surface area contributed by atoms with Gasteiger partial charge in [-0.1, -0.05) is 0 Å². The average molecular weight is 289 g/mol. The Morgan fingerprint density at radius 3 is 2.26 bits per heavy atom. The summed E-state index contributed by atoms with van der Waals surface area (Å²) in [6.45, 7) is 1.91. The van der Waals surface area contributed by atoms with Crippen LogP contribution in [0.25, 0.3) is 0 Å². The number of carboxylic acids is 1. The molecule has 0 aliphatic heterocycles. The van der Waals surface area contributed by atoms with Gasteiger partial charge in [-0.25, -0.2) is 0 Å². The Morgan fingerprint density at radius 1 is 1.26 bits per heavy atom. The molecule has 1 rings (SSSR count). The minimum atomic E-state index is -0.832. The van der Waals surface area contributed by atoms with Gasteiger partial charge in [-0.05, 0) is 39.0 Å². The normalized spacial score (nSPS) is 26.4. The van der Waals surface area contributed by atoms with Crippen LogP contribution < -0.4 is 5.32 Å². The summed E-state index contributed by atoms with van der Waals surface area (Å²) in [6.07, 6.45) is 4.83. The van der Waals surface area contributed by atoms with Crippen molar-refractivity contribution < 1.29 is 18.9 Å². The van der Waals surface area contributed by atoms with Gasteiger partial charge < -0.3 is 10.4 Å². The second-order valence-electron chi connectivity index (χ2n) is 5.36. The van der Waals surface area contributed by atoms with Crippen LogP contribution >= 0.6 is 0 Å². The highest BCUT2D eigenvalue weighted by Gasteiger charge is 2.30. The van der Waals surface area contributed by atoms with Gasteiger partial charge in [0.05, 0.1) is 5.92 Å². The number of carbonyl (C=O) groups excluding carboxylic acids is 1. The Balaban J connectivity index is 2.31. The lowest BCUT2D eigenvalue weighted by Gasteiger charge is -2.26. The molecule has 1 aliphatic rings. The Bertz CT molecular complexity index is 351. The van der Waals surface area contributed by atoms with E-state index in [2.05, 4.69) is 5.32 Å². The van der Waals surface area contributed by atoms with Gasteiger partial charge in [0.2, 0.25) is 5.91 Å². The molecular weight excluding hydrogens is 266 g/mol. The molecule has 0 aromatic heterocycles. The third-order valence-electron chi connectivity index (χ3n) is 3.67. The van der Waals surface area contributed by atoms with E-state index in [0.717, 1.165) is 0 Å². The van der Waals surface area contributed by atoms with Gasteiger partial charge in [0.1, 0.15) is 0 Å². The minimum absolute atomic E-state index is 0.0122. The quantitative estimate of drug-likeness (QED) is 0.768. The lowest BCUT2D eigenvalue weighted by atomic mass is 9.81. The van der Waals surface area contributed by atoms with Crippen molar-refractivity contribution in [3.63, 3.8) is 0 Å². The fourth-order valence-corrected chi connectivity index (χ4v) is 3.06. The number of hydrogen-bond donors (Lipinski definition) is 2. The highest BCUT2D eigenvalue weighted by Crippen LogP contribution is 2.29. The zero-order valence-corrected chi connectivity index (χ0v) is 12.4. The molecule has 19 heavy (non-hydrogen) atoms. The van der Waals surface area contributed by atoms with Crippen LogP contribution in [0.15, 0.2) is 0 Å². The lowest BCUT2D eigenvalue weighted by Crippen LogP contribution is -2.39. The maximum absolute atomic E-state index is 12.0. The summed E-state index contributed by atoms with van der Waals surface area (Å²) in [4.78, 5) is 22.8. The molecular formula is C13H23NO4S. The SMILES string of the molecule is CC(CCS(C)=O)NC(=O)C1CCC(C(=O)O)CC1. The fraction of sp³-hybridized carbons (Fsp3) is 0.846. The van der Waals surface area contributed by atoms with E-state index in [1.165, 1.54) is 0 Å². The number of rotatable bonds is 6. The van der Waals surface area contributed by atoms with E-state index in [-0.39, 0.29) is 23.8 Å².